The number of hydrogen-bond acceptors (Lipinski definition) is 3. The number of urea groups is 1. The van der Waals surface area contributed by atoms with Crippen LogP contribution in [0, 0.1) is 6.92 Å². The zero-order valence-electron chi connectivity index (χ0n) is 12.2. The molecule has 0 bridgehead atoms. The molecule has 0 aliphatic carbocycles. The summed E-state index contributed by atoms with van der Waals surface area (Å²) in [7, 11) is -4.12. The number of hydrogen-bond donors (Lipinski definition) is 3. The van der Waals surface area contributed by atoms with E-state index in [4.69, 9.17) is 34.8 Å². The Bertz CT molecular complexity index is 888. The van der Waals surface area contributed by atoms with E-state index >= 15 is 0 Å². The van der Waals surface area contributed by atoms with Crippen LogP contribution in [-0.2, 0) is 10.0 Å². The lowest BCUT2D eigenvalue weighted by molar-refractivity contribution is 0.250. The second kappa shape index (κ2) is 7.58. The molecule has 2 rings (SSSR count). The van der Waals surface area contributed by atoms with Crippen LogP contribution in [0.2, 0.25) is 15.1 Å². The minimum atomic E-state index is -4.12. The molecule has 0 fully saturated rings. The predicted octanol–water partition coefficient (Wildman–Crippen LogP) is 3.97. The molecule has 2 amide bonds. The fourth-order valence-electron chi connectivity index (χ4n) is 1.75. The van der Waals surface area contributed by atoms with Crippen LogP contribution >= 0.6 is 34.8 Å². The number of carbonyl (C=O) groups is 1. The Morgan fingerprint density at radius 3 is 2.29 bits per heavy atom. The standard InChI is InChI=1S/C14H12Cl3N3O3S/c1-8-4-2-3-5-12(8)18-14(21)19-20-24(22,23)13-7-10(16)9(15)6-11(13)17/h2-7,20H,1H3,(H2,18,19,21). The quantitative estimate of drug-likeness (QED) is 0.528. The van der Waals surface area contributed by atoms with Gasteiger partial charge < -0.3 is 5.32 Å². The van der Waals surface area contributed by atoms with Gasteiger partial charge in [-0.2, -0.15) is 0 Å². The van der Waals surface area contributed by atoms with Gasteiger partial charge in [-0.3, -0.25) is 5.43 Å². The summed E-state index contributed by atoms with van der Waals surface area (Å²) in [5, 5.41) is 2.52. The maximum Gasteiger partial charge on any atom is 0.334 e. The number of rotatable bonds is 4. The number of nitrogens with one attached hydrogen (secondary N) is 3. The van der Waals surface area contributed by atoms with Crippen molar-refractivity contribution in [1.29, 1.82) is 0 Å². The van der Waals surface area contributed by atoms with E-state index in [-0.39, 0.29) is 20.0 Å². The van der Waals surface area contributed by atoms with Gasteiger partial charge in [0.1, 0.15) is 4.90 Å². The highest BCUT2D eigenvalue weighted by Crippen LogP contribution is 2.31. The molecule has 3 N–H and O–H groups in total. The molecule has 0 aliphatic heterocycles. The SMILES string of the molecule is Cc1ccccc1NC(=O)NNS(=O)(=O)c1cc(Cl)c(Cl)cc1Cl. The minimum Gasteiger partial charge on any atom is -0.307 e. The molecule has 0 aromatic heterocycles. The van der Waals surface area contributed by atoms with E-state index < -0.39 is 16.1 Å². The van der Waals surface area contributed by atoms with Crippen molar-refractivity contribution in [2.75, 3.05) is 5.32 Å². The van der Waals surface area contributed by atoms with Crippen molar-refractivity contribution >= 4 is 56.5 Å². The molecule has 0 unspecified atom stereocenters. The van der Waals surface area contributed by atoms with Crippen molar-refractivity contribution in [2.45, 2.75) is 11.8 Å². The van der Waals surface area contributed by atoms with Gasteiger partial charge in [0.05, 0.1) is 15.1 Å². The number of hydrazine groups is 1. The van der Waals surface area contributed by atoms with E-state index in [1.807, 2.05) is 16.3 Å². The molecular formula is C14H12Cl3N3O3S. The summed E-state index contributed by atoms with van der Waals surface area (Å²) in [5.74, 6) is 0. The van der Waals surface area contributed by atoms with Gasteiger partial charge in [-0.25, -0.2) is 13.2 Å². The molecule has 2 aromatic carbocycles. The third-order valence-corrected chi connectivity index (χ3v) is 5.39. The maximum absolute atomic E-state index is 12.2. The number of benzene rings is 2. The van der Waals surface area contributed by atoms with Crippen molar-refractivity contribution in [1.82, 2.24) is 10.3 Å². The zero-order chi connectivity index (χ0) is 17.9. The van der Waals surface area contributed by atoms with Crippen molar-refractivity contribution < 1.29 is 13.2 Å². The Morgan fingerprint density at radius 2 is 1.62 bits per heavy atom. The van der Waals surface area contributed by atoms with Crippen LogP contribution in [0.1, 0.15) is 5.56 Å². The molecule has 10 heteroatoms. The van der Waals surface area contributed by atoms with Gasteiger partial charge in [-0.15, -0.1) is 4.83 Å². The maximum atomic E-state index is 12.2. The van der Waals surface area contributed by atoms with Gasteiger partial charge >= 0.3 is 6.03 Å². The van der Waals surface area contributed by atoms with Gasteiger partial charge in [-0.05, 0) is 30.7 Å². The van der Waals surface area contributed by atoms with E-state index in [2.05, 4.69) is 5.32 Å². The lowest BCUT2D eigenvalue weighted by atomic mass is 10.2. The van der Waals surface area contributed by atoms with Gasteiger partial charge in [0.2, 0.25) is 0 Å². The molecule has 0 saturated heterocycles. The molecule has 2 aromatic rings. The largest absolute Gasteiger partial charge is 0.334 e. The topological polar surface area (TPSA) is 87.3 Å². The zero-order valence-corrected chi connectivity index (χ0v) is 15.3. The summed E-state index contributed by atoms with van der Waals surface area (Å²) < 4.78 is 24.4. The van der Waals surface area contributed by atoms with Crippen molar-refractivity contribution in [3.8, 4) is 0 Å². The first-order valence-corrected chi connectivity index (χ1v) is 9.11. The number of halogens is 3. The van der Waals surface area contributed by atoms with Crippen LogP contribution < -0.4 is 15.6 Å². The Kier molecular flexibility index (Phi) is 5.95. The Labute approximate surface area is 154 Å². The highest BCUT2D eigenvalue weighted by Gasteiger charge is 2.20. The van der Waals surface area contributed by atoms with E-state index in [0.29, 0.717) is 5.69 Å². The number of amides is 2. The normalized spacial score (nSPS) is 11.2. The first kappa shape index (κ1) is 18.8. The number of carbonyl (C=O) groups excluding carboxylic acids is 1. The monoisotopic (exact) mass is 407 g/mol. The second-order valence-electron chi connectivity index (χ2n) is 4.70. The van der Waals surface area contributed by atoms with Crippen molar-refractivity contribution in [3.05, 3.63) is 57.0 Å². The highest BCUT2D eigenvalue weighted by molar-refractivity contribution is 7.89. The first-order valence-electron chi connectivity index (χ1n) is 6.49. The second-order valence-corrected chi connectivity index (χ2v) is 7.57. The number of anilines is 1. The summed E-state index contributed by atoms with van der Waals surface area (Å²) in [6.45, 7) is 1.80. The molecule has 0 saturated carbocycles. The molecule has 0 radical (unpaired) electrons. The fourth-order valence-corrected chi connectivity index (χ4v) is 3.59. The summed E-state index contributed by atoms with van der Waals surface area (Å²) >= 11 is 17.4. The van der Waals surface area contributed by atoms with E-state index in [1.165, 1.54) is 6.07 Å². The number of aryl methyl sites for hydroxylation is 1. The Hall–Kier alpha value is -1.51. The summed E-state index contributed by atoms with van der Waals surface area (Å²) in [6.07, 6.45) is 0. The summed E-state index contributed by atoms with van der Waals surface area (Å²) in [5.41, 5.74) is 3.40. The Balaban J connectivity index is 2.09. The number of sulfonamides is 1. The molecule has 0 atom stereocenters. The van der Waals surface area contributed by atoms with Crippen LogP contribution in [0.15, 0.2) is 41.3 Å². The van der Waals surface area contributed by atoms with Crippen molar-refractivity contribution in [3.63, 3.8) is 0 Å². The van der Waals surface area contributed by atoms with E-state index in [1.54, 1.807) is 25.1 Å². The van der Waals surface area contributed by atoms with Crippen LogP contribution in [0.4, 0.5) is 10.5 Å². The van der Waals surface area contributed by atoms with Gasteiger partial charge in [0.25, 0.3) is 10.0 Å². The average molecular weight is 409 g/mol. The molecule has 24 heavy (non-hydrogen) atoms. The third kappa shape index (κ3) is 4.52. The molecule has 0 spiro atoms. The smallest absolute Gasteiger partial charge is 0.307 e. The predicted molar refractivity (Wildman–Crippen MR) is 95.1 cm³/mol. The van der Waals surface area contributed by atoms with Gasteiger partial charge in [0, 0.05) is 5.69 Å². The Morgan fingerprint density at radius 1 is 1.00 bits per heavy atom. The molecule has 6 nitrogen and oxygen atoms in total. The third-order valence-electron chi connectivity index (χ3n) is 2.96. The molecular weight excluding hydrogens is 397 g/mol. The lowest BCUT2D eigenvalue weighted by Crippen LogP contribution is -2.43. The van der Waals surface area contributed by atoms with Crippen LogP contribution in [0.5, 0.6) is 0 Å². The van der Waals surface area contributed by atoms with Crippen molar-refractivity contribution in [2.24, 2.45) is 0 Å². The van der Waals surface area contributed by atoms with Crippen LogP contribution in [0.3, 0.4) is 0 Å². The van der Waals surface area contributed by atoms with Gasteiger partial charge in [-0.1, -0.05) is 53.0 Å². The summed E-state index contributed by atoms with van der Waals surface area (Å²) in [4.78, 5) is 13.4. The number of para-hydroxylation sites is 1. The molecule has 128 valence electrons. The van der Waals surface area contributed by atoms with Crippen LogP contribution in [-0.4, -0.2) is 14.4 Å². The average Bonchev–Trinajstić information content (AvgIpc) is 2.51. The van der Waals surface area contributed by atoms with E-state index in [0.717, 1.165) is 11.6 Å². The fraction of sp³-hybridized carbons (Fsp3) is 0.0714. The highest BCUT2D eigenvalue weighted by atomic mass is 35.5. The minimum absolute atomic E-state index is 0.0193. The molecule has 0 aliphatic rings. The molecule has 0 heterocycles. The van der Waals surface area contributed by atoms with Gasteiger partial charge in [0.15, 0.2) is 0 Å². The summed E-state index contributed by atoms with van der Waals surface area (Å²) in [6, 6.07) is 8.57. The van der Waals surface area contributed by atoms with E-state index in [9.17, 15) is 13.2 Å². The van der Waals surface area contributed by atoms with Crippen LogP contribution in [0.25, 0.3) is 0 Å². The first-order chi connectivity index (χ1) is 11.2. The lowest BCUT2D eigenvalue weighted by Gasteiger charge is -2.12.